The van der Waals surface area contributed by atoms with Crippen molar-refractivity contribution < 1.29 is 9.13 Å². The van der Waals surface area contributed by atoms with E-state index in [1.807, 2.05) is 0 Å². The first-order valence-corrected chi connectivity index (χ1v) is 5.96. The summed E-state index contributed by atoms with van der Waals surface area (Å²) in [5.41, 5.74) is 1.05. The molecule has 80 valence electrons. The van der Waals surface area contributed by atoms with Crippen molar-refractivity contribution in [2.45, 2.75) is 16.4 Å². The maximum absolute atomic E-state index is 12.7. The van der Waals surface area contributed by atoms with E-state index in [-0.39, 0.29) is 11.9 Å². The highest BCUT2D eigenvalue weighted by molar-refractivity contribution is 14.1. The average molecular weight is 319 g/mol. The van der Waals surface area contributed by atoms with Crippen molar-refractivity contribution in [2.24, 2.45) is 4.99 Å². The predicted octanol–water partition coefficient (Wildman–Crippen LogP) is 3.12. The lowest BCUT2D eigenvalue weighted by atomic mass is 10.1. The number of hydrogen-bond acceptors (Lipinski definition) is 2. The van der Waals surface area contributed by atoms with Gasteiger partial charge in [-0.05, 0) is 24.1 Å². The number of hydrogen-bond donors (Lipinski definition) is 0. The molecular weight excluding hydrogens is 308 g/mol. The first kappa shape index (κ1) is 10.9. The third-order valence-electron chi connectivity index (χ3n) is 2.45. The van der Waals surface area contributed by atoms with E-state index in [0.717, 1.165) is 17.9 Å². The molecule has 2 nitrogen and oxygen atoms in total. The summed E-state index contributed by atoms with van der Waals surface area (Å²) in [6.45, 7) is 0. The summed E-state index contributed by atoms with van der Waals surface area (Å²) in [5, 5.41) is 0. The van der Waals surface area contributed by atoms with Gasteiger partial charge in [-0.1, -0.05) is 34.7 Å². The topological polar surface area (TPSA) is 21.6 Å². The minimum absolute atomic E-state index is 0.113. The van der Waals surface area contributed by atoms with Crippen LogP contribution in [0.2, 0.25) is 0 Å². The Morgan fingerprint density at radius 2 is 2.07 bits per heavy atom. The van der Waals surface area contributed by atoms with Crippen molar-refractivity contribution in [3.63, 3.8) is 0 Å². The minimum Gasteiger partial charge on any atom is -0.484 e. The van der Waals surface area contributed by atoms with Crippen LogP contribution < -0.4 is 0 Å². The highest BCUT2D eigenvalue weighted by Crippen LogP contribution is 2.33. The van der Waals surface area contributed by atoms with Gasteiger partial charge in [0.1, 0.15) is 5.82 Å². The molecule has 0 bridgehead atoms. The molecule has 0 amide bonds. The molecule has 0 saturated carbocycles. The van der Waals surface area contributed by atoms with Crippen molar-refractivity contribution in [3.05, 3.63) is 35.6 Å². The van der Waals surface area contributed by atoms with Gasteiger partial charge < -0.3 is 4.74 Å². The number of aliphatic imine (C=N–C) groups is 1. The van der Waals surface area contributed by atoms with Crippen LogP contribution in [0.1, 0.15) is 18.0 Å². The Bertz CT molecular complexity index is 377. The minimum atomic E-state index is -0.210. The summed E-state index contributed by atoms with van der Waals surface area (Å²) >= 11 is 2.31. The van der Waals surface area contributed by atoms with Gasteiger partial charge >= 0.3 is 0 Å². The van der Waals surface area contributed by atoms with Crippen LogP contribution in [0.5, 0.6) is 0 Å². The molecule has 0 aromatic heterocycles. The third kappa shape index (κ3) is 2.30. The maximum Gasteiger partial charge on any atom is 0.196 e. The molecule has 0 fully saturated rings. The molecule has 1 aliphatic heterocycles. The molecule has 1 aromatic carbocycles. The molecule has 1 aromatic rings. The van der Waals surface area contributed by atoms with Crippen LogP contribution in [0.15, 0.2) is 29.3 Å². The van der Waals surface area contributed by atoms with Crippen molar-refractivity contribution in [1.29, 1.82) is 0 Å². The lowest BCUT2D eigenvalue weighted by molar-refractivity contribution is 0.397. The van der Waals surface area contributed by atoms with Gasteiger partial charge in [-0.2, -0.15) is 0 Å². The zero-order valence-corrected chi connectivity index (χ0v) is 10.4. The highest BCUT2D eigenvalue weighted by Gasteiger charge is 2.27. The van der Waals surface area contributed by atoms with Crippen LogP contribution in [0, 0.1) is 5.82 Å². The molecule has 2 unspecified atom stereocenters. The largest absolute Gasteiger partial charge is 0.484 e. The molecule has 4 heteroatoms. The lowest BCUT2D eigenvalue weighted by Gasteiger charge is -2.06. The van der Waals surface area contributed by atoms with Crippen molar-refractivity contribution in [2.75, 3.05) is 7.11 Å². The summed E-state index contributed by atoms with van der Waals surface area (Å²) in [4.78, 5) is 4.45. The fourth-order valence-corrected chi connectivity index (χ4v) is 2.56. The molecule has 0 aliphatic carbocycles. The quantitative estimate of drug-likeness (QED) is 0.576. The van der Waals surface area contributed by atoms with Gasteiger partial charge in [0.15, 0.2) is 5.90 Å². The van der Waals surface area contributed by atoms with Gasteiger partial charge in [0.25, 0.3) is 0 Å². The second-order valence-corrected chi connectivity index (χ2v) is 4.95. The normalized spacial score (nSPS) is 25.1. The Morgan fingerprint density at radius 3 is 2.60 bits per heavy atom. The van der Waals surface area contributed by atoms with E-state index < -0.39 is 0 Å². The van der Waals surface area contributed by atoms with Crippen molar-refractivity contribution in [3.8, 4) is 0 Å². The molecule has 2 atom stereocenters. The Hall–Kier alpha value is -0.650. The van der Waals surface area contributed by atoms with E-state index in [2.05, 4.69) is 27.6 Å². The van der Waals surface area contributed by atoms with Crippen molar-refractivity contribution >= 4 is 28.5 Å². The summed E-state index contributed by atoms with van der Waals surface area (Å²) in [6.07, 6.45) is 0.926. The molecule has 2 rings (SSSR count). The highest BCUT2D eigenvalue weighted by atomic mass is 127. The monoisotopic (exact) mass is 319 g/mol. The van der Waals surface area contributed by atoms with E-state index in [4.69, 9.17) is 4.74 Å². The number of nitrogens with zero attached hydrogens (tertiary/aromatic N) is 1. The summed E-state index contributed by atoms with van der Waals surface area (Å²) < 4.78 is 18.2. The van der Waals surface area contributed by atoms with E-state index in [1.165, 1.54) is 12.1 Å². The molecule has 0 N–H and O–H groups in total. The van der Waals surface area contributed by atoms with Crippen LogP contribution in [-0.2, 0) is 4.74 Å². The maximum atomic E-state index is 12.7. The zero-order chi connectivity index (χ0) is 10.8. The zero-order valence-electron chi connectivity index (χ0n) is 8.28. The van der Waals surface area contributed by atoms with E-state index in [9.17, 15) is 4.39 Å². The summed E-state index contributed by atoms with van der Waals surface area (Å²) in [5.74, 6) is 0.573. The Balaban J connectivity index is 2.20. The number of ether oxygens (including phenoxy) is 1. The van der Waals surface area contributed by atoms with Crippen LogP contribution in [0.4, 0.5) is 4.39 Å². The number of alkyl halides is 1. The molecule has 0 radical (unpaired) electrons. The number of halogens is 2. The predicted molar refractivity (Wildman–Crippen MR) is 66.0 cm³/mol. The van der Waals surface area contributed by atoms with Crippen LogP contribution in [0.25, 0.3) is 0 Å². The third-order valence-corrected chi connectivity index (χ3v) is 3.49. The number of benzene rings is 1. The van der Waals surface area contributed by atoms with Gasteiger partial charge in [-0.3, -0.25) is 0 Å². The molecule has 15 heavy (non-hydrogen) atoms. The van der Waals surface area contributed by atoms with Crippen LogP contribution >= 0.6 is 22.6 Å². The SMILES string of the molecule is COC1=NC(c2ccc(F)cc2)CC1I. The van der Waals surface area contributed by atoms with Gasteiger partial charge in [-0.25, -0.2) is 9.38 Å². The second kappa shape index (κ2) is 4.47. The van der Waals surface area contributed by atoms with E-state index in [0.29, 0.717) is 3.92 Å². The standard InChI is InChI=1S/C11H11FINO/c1-15-11-9(13)6-10(14-11)7-2-4-8(12)5-3-7/h2-5,9-10H,6H2,1H3. The Morgan fingerprint density at radius 1 is 1.40 bits per heavy atom. The van der Waals surface area contributed by atoms with Crippen LogP contribution in [0.3, 0.4) is 0 Å². The second-order valence-electron chi connectivity index (χ2n) is 3.44. The van der Waals surface area contributed by atoms with Gasteiger partial charge in [-0.15, -0.1) is 0 Å². The Kier molecular flexibility index (Phi) is 3.23. The first-order chi connectivity index (χ1) is 7.20. The molecule has 0 spiro atoms. The van der Waals surface area contributed by atoms with Crippen molar-refractivity contribution in [1.82, 2.24) is 0 Å². The molecular formula is C11H11FINO. The van der Waals surface area contributed by atoms with Crippen LogP contribution in [-0.4, -0.2) is 16.9 Å². The van der Waals surface area contributed by atoms with Gasteiger partial charge in [0.2, 0.25) is 0 Å². The molecule has 1 heterocycles. The Labute approximate surface area is 102 Å². The fraction of sp³-hybridized carbons (Fsp3) is 0.364. The lowest BCUT2D eigenvalue weighted by Crippen LogP contribution is -2.09. The number of methoxy groups -OCH3 is 1. The molecule has 1 aliphatic rings. The fourth-order valence-electron chi connectivity index (χ4n) is 1.66. The summed E-state index contributed by atoms with van der Waals surface area (Å²) in [6, 6.07) is 6.62. The average Bonchev–Trinajstić information content (AvgIpc) is 2.61. The van der Waals surface area contributed by atoms with Gasteiger partial charge in [0, 0.05) is 0 Å². The van der Waals surface area contributed by atoms with E-state index in [1.54, 1.807) is 19.2 Å². The smallest absolute Gasteiger partial charge is 0.196 e. The summed E-state index contributed by atoms with van der Waals surface area (Å²) in [7, 11) is 1.64. The van der Waals surface area contributed by atoms with Gasteiger partial charge in [0.05, 0.1) is 17.1 Å². The molecule has 0 saturated heterocycles. The first-order valence-electron chi connectivity index (χ1n) is 4.72. The number of rotatable bonds is 1. The van der Waals surface area contributed by atoms with E-state index >= 15 is 0 Å².